The molecule has 2 amide bonds. The van der Waals surface area contributed by atoms with Gasteiger partial charge in [-0.05, 0) is 95.2 Å². The van der Waals surface area contributed by atoms with Gasteiger partial charge in [-0.3, -0.25) is 14.5 Å². The van der Waals surface area contributed by atoms with Gasteiger partial charge in [0.15, 0.2) is 11.5 Å². The number of carbonyl (C=O) groups is 2. The Bertz CT molecular complexity index is 1290. The fourth-order valence-electron chi connectivity index (χ4n) is 3.59. The van der Waals surface area contributed by atoms with E-state index in [-0.39, 0.29) is 17.7 Å². The first-order chi connectivity index (χ1) is 16.8. The summed E-state index contributed by atoms with van der Waals surface area (Å²) in [6.45, 7) is 4.97. The van der Waals surface area contributed by atoms with E-state index >= 15 is 0 Å². The summed E-state index contributed by atoms with van der Waals surface area (Å²) < 4.78 is 12.8. The second-order valence-corrected chi connectivity index (χ2v) is 10.5. The Labute approximate surface area is 227 Å². The Morgan fingerprint density at radius 2 is 1.80 bits per heavy atom. The molecule has 1 aliphatic heterocycles. The van der Waals surface area contributed by atoms with Crippen molar-refractivity contribution in [3.05, 3.63) is 96.4 Å². The molecule has 0 saturated carbocycles. The summed E-state index contributed by atoms with van der Waals surface area (Å²) in [5.41, 5.74) is 3.75. The van der Waals surface area contributed by atoms with Crippen LogP contribution >= 0.6 is 46.0 Å². The van der Waals surface area contributed by atoms with E-state index in [1.54, 1.807) is 6.08 Å². The van der Waals surface area contributed by atoms with Crippen molar-refractivity contribution in [3.63, 3.8) is 0 Å². The lowest BCUT2D eigenvalue weighted by Gasteiger charge is -2.15. The lowest BCUT2D eigenvalue weighted by molar-refractivity contribution is -0.123. The van der Waals surface area contributed by atoms with Gasteiger partial charge in [0.2, 0.25) is 0 Å². The van der Waals surface area contributed by atoms with Crippen LogP contribution in [-0.2, 0) is 17.9 Å². The summed E-state index contributed by atoms with van der Waals surface area (Å²) >= 11 is 9.11. The summed E-state index contributed by atoms with van der Waals surface area (Å²) in [7, 11) is 0. The minimum Gasteiger partial charge on any atom is -0.490 e. The normalized spacial score (nSPS) is 14.6. The zero-order valence-corrected chi connectivity index (χ0v) is 22.9. The van der Waals surface area contributed by atoms with Crippen molar-refractivity contribution >= 4 is 63.2 Å². The van der Waals surface area contributed by atoms with Crippen molar-refractivity contribution in [3.8, 4) is 11.5 Å². The maximum atomic E-state index is 13.0. The van der Waals surface area contributed by atoms with E-state index < -0.39 is 0 Å². The smallest absolute Gasteiger partial charge is 0.293 e. The fraction of sp³-hybridized carbons (Fsp3) is 0.185. The summed E-state index contributed by atoms with van der Waals surface area (Å²) in [6, 6.07) is 19.0. The Hall–Kier alpha value is -2.49. The van der Waals surface area contributed by atoms with Crippen molar-refractivity contribution in [1.29, 1.82) is 0 Å². The van der Waals surface area contributed by atoms with Crippen LogP contribution < -0.4 is 9.47 Å². The number of nitrogens with zero attached hydrogens (tertiary/aromatic N) is 1. The zero-order valence-electron chi connectivity index (χ0n) is 19.2. The summed E-state index contributed by atoms with van der Waals surface area (Å²) in [5, 5.41) is 0.399. The molecule has 0 radical (unpaired) electrons. The number of ether oxygens (including phenoxy) is 2. The first-order valence-electron chi connectivity index (χ1n) is 11.0. The number of hydrogen-bond acceptors (Lipinski definition) is 5. The molecule has 0 atom stereocenters. The third kappa shape index (κ3) is 6.39. The molecule has 0 bridgehead atoms. The molecule has 3 aromatic carbocycles. The second-order valence-electron chi connectivity index (χ2n) is 7.94. The quantitative estimate of drug-likeness (QED) is 0.193. The first-order valence-corrected chi connectivity index (χ1v) is 13.3. The van der Waals surface area contributed by atoms with Crippen LogP contribution in [0.4, 0.5) is 4.79 Å². The topological polar surface area (TPSA) is 55.8 Å². The monoisotopic (exact) mass is 619 g/mol. The molecule has 5 nitrogen and oxygen atoms in total. The largest absolute Gasteiger partial charge is 0.490 e. The minimum absolute atomic E-state index is 0.253. The number of rotatable bonds is 8. The van der Waals surface area contributed by atoms with Crippen LogP contribution in [0.15, 0.2) is 65.6 Å². The van der Waals surface area contributed by atoms with Gasteiger partial charge < -0.3 is 9.47 Å². The highest BCUT2D eigenvalue weighted by Gasteiger charge is 2.35. The van der Waals surface area contributed by atoms with Crippen LogP contribution in [0.1, 0.15) is 29.2 Å². The van der Waals surface area contributed by atoms with Crippen molar-refractivity contribution < 1.29 is 19.1 Å². The molecule has 1 fully saturated rings. The zero-order chi connectivity index (χ0) is 24.9. The molecule has 4 rings (SSSR count). The number of aryl methyl sites for hydroxylation is 1. The van der Waals surface area contributed by atoms with Crippen molar-refractivity contribution in [1.82, 2.24) is 4.90 Å². The van der Waals surface area contributed by atoms with Crippen molar-refractivity contribution in [2.75, 3.05) is 6.61 Å². The molecule has 35 heavy (non-hydrogen) atoms. The van der Waals surface area contributed by atoms with E-state index in [1.165, 1.54) is 4.90 Å². The molecule has 0 spiro atoms. The predicted octanol–water partition coefficient (Wildman–Crippen LogP) is 7.47. The van der Waals surface area contributed by atoms with Gasteiger partial charge in [0.05, 0.1) is 21.6 Å². The van der Waals surface area contributed by atoms with Gasteiger partial charge >= 0.3 is 0 Å². The Kier molecular flexibility index (Phi) is 8.41. The van der Waals surface area contributed by atoms with Gasteiger partial charge in [0.1, 0.15) is 6.61 Å². The van der Waals surface area contributed by atoms with Gasteiger partial charge in [-0.15, -0.1) is 0 Å². The summed E-state index contributed by atoms with van der Waals surface area (Å²) in [5.74, 6) is 0.920. The number of hydrogen-bond donors (Lipinski definition) is 0. The Morgan fingerprint density at radius 1 is 1.03 bits per heavy atom. The third-order valence-corrected chi connectivity index (χ3v) is 7.18. The highest BCUT2D eigenvalue weighted by Crippen LogP contribution is 2.38. The SMILES string of the molecule is CCOc1cc(/C=C2/SC(=O)N(Cc3cccc(C)c3)C2=O)cc(I)c1OCc1ccc(Cl)cc1. The summed E-state index contributed by atoms with van der Waals surface area (Å²) in [4.78, 5) is 27.2. The van der Waals surface area contributed by atoms with Gasteiger partial charge in [-0.1, -0.05) is 53.6 Å². The molecule has 1 heterocycles. The van der Waals surface area contributed by atoms with E-state index in [1.807, 2.05) is 74.5 Å². The van der Waals surface area contributed by atoms with E-state index in [4.69, 9.17) is 21.1 Å². The number of amides is 2. The average molecular weight is 620 g/mol. The maximum absolute atomic E-state index is 13.0. The van der Waals surface area contributed by atoms with Gasteiger partial charge in [0, 0.05) is 5.02 Å². The van der Waals surface area contributed by atoms with Crippen LogP contribution in [-0.4, -0.2) is 22.7 Å². The number of thioether (sulfide) groups is 1. The van der Waals surface area contributed by atoms with E-state index in [0.29, 0.717) is 34.6 Å². The predicted molar refractivity (Wildman–Crippen MR) is 149 cm³/mol. The molecular weight excluding hydrogens is 597 g/mol. The fourth-order valence-corrected chi connectivity index (χ4v) is 5.34. The lowest BCUT2D eigenvalue weighted by atomic mass is 10.1. The Morgan fingerprint density at radius 3 is 2.51 bits per heavy atom. The number of benzene rings is 3. The first kappa shape index (κ1) is 25.6. The molecule has 180 valence electrons. The van der Waals surface area contributed by atoms with Crippen molar-refractivity contribution in [2.45, 2.75) is 27.0 Å². The van der Waals surface area contributed by atoms with E-state index in [2.05, 4.69) is 22.6 Å². The average Bonchev–Trinajstić information content (AvgIpc) is 3.07. The lowest BCUT2D eigenvalue weighted by Crippen LogP contribution is -2.27. The second kappa shape index (κ2) is 11.5. The van der Waals surface area contributed by atoms with E-state index in [9.17, 15) is 9.59 Å². The molecule has 0 unspecified atom stereocenters. The van der Waals surface area contributed by atoms with Crippen LogP contribution in [0.3, 0.4) is 0 Å². The van der Waals surface area contributed by atoms with Gasteiger partial charge in [0.25, 0.3) is 11.1 Å². The minimum atomic E-state index is -0.294. The van der Waals surface area contributed by atoms with Crippen LogP contribution in [0, 0.1) is 10.5 Å². The third-order valence-electron chi connectivity index (χ3n) is 5.22. The van der Waals surface area contributed by atoms with Crippen LogP contribution in [0.25, 0.3) is 6.08 Å². The Balaban J connectivity index is 1.55. The van der Waals surface area contributed by atoms with Crippen LogP contribution in [0.5, 0.6) is 11.5 Å². The number of imide groups is 1. The molecule has 3 aromatic rings. The number of carbonyl (C=O) groups excluding carboxylic acids is 2. The number of halogens is 2. The summed E-state index contributed by atoms with van der Waals surface area (Å²) in [6.07, 6.45) is 1.73. The molecular formula is C27H23ClINO4S. The highest BCUT2D eigenvalue weighted by atomic mass is 127. The molecule has 0 aliphatic carbocycles. The molecule has 1 aliphatic rings. The van der Waals surface area contributed by atoms with E-state index in [0.717, 1.165) is 37.6 Å². The molecule has 0 aromatic heterocycles. The van der Waals surface area contributed by atoms with Gasteiger partial charge in [-0.25, -0.2) is 0 Å². The van der Waals surface area contributed by atoms with Crippen molar-refractivity contribution in [2.24, 2.45) is 0 Å². The molecule has 8 heteroatoms. The molecule has 1 saturated heterocycles. The van der Waals surface area contributed by atoms with Crippen LogP contribution in [0.2, 0.25) is 5.02 Å². The molecule has 0 N–H and O–H groups in total. The van der Waals surface area contributed by atoms with Gasteiger partial charge in [-0.2, -0.15) is 0 Å². The highest BCUT2D eigenvalue weighted by molar-refractivity contribution is 14.1. The standard InChI is InChI=1S/C27H23ClINO4S/c1-3-33-23-13-20(12-22(29)25(23)34-16-18-7-9-21(28)10-8-18)14-24-26(31)30(27(32)35-24)15-19-6-4-5-17(2)11-19/h4-14H,3,15-16H2,1-2H3/b24-14+. The maximum Gasteiger partial charge on any atom is 0.293 e.